The highest BCUT2D eigenvalue weighted by atomic mass is 16.5. The van der Waals surface area contributed by atoms with E-state index in [2.05, 4.69) is 0 Å². The summed E-state index contributed by atoms with van der Waals surface area (Å²) in [7, 11) is 0. The summed E-state index contributed by atoms with van der Waals surface area (Å²) in [5.41, 5.74) is 0. The van der Waals surface area contributed by atoms with Crippen molar-refractivity contribution in [3.05, 3.63) is 0 Å². The molecule has 0 spiro atoms. The Bertz CT molecular complexity index is 142. The van der Waals surface area contributed by atoms with Gasteiger partial charge in [-0.15, -0.1) is 0 Å². The molecule has 0 aliphatic heterocycles. The molecule has 64 valence electrons. The zero-order valence-corrected chi connectivity index (χ0v) is 7.30. The summed E-state index contributed by atoms with van der Waals surface area (Å²) in [6.45, 7) is 4.68. The molecular weight excluding hydrogens is 140 g/mol. The summed E-state index contributed by atoms with van der Waals surface area (Å²) in [4.78, 5) is 11.2. The van der Waals surface area contributed by atoms with Gasteiger partial charge in [0.2, 0.25) is 0 Å². The molecule has 0 aromatic heterocycles. The van der Waals surface area contributed by atoms with Crippen molar-refractivity contribution in [2.45, 2.75) is 39.2 Å². The van der Waals surface area contributed by atoms with E-state index in [0.29, 0.717) is 12.4 Å². The molecule has 0 aromatic rings. The first kappa shape index (κ1) is 8.72. The van der Waals surface area contributed by atoms with Crippen LogP contribution in [0.25, 0.3) is 0 Å². The van der Waals surface area contributed by atoms with Crippen molar-refractivity contribution < 1.29 is 9.53 Å². The second-order valence-electron chi connectivity index (χ2n) is 3.13. The minimum Gasteiger partial charge on any atom is -0.378 e. The van der Waals surface area contributed by atoms with Gasteiger partial charge in [0, 0.05) is 18.9 Å². The van der Waals surface area contributed by atoms with Gasteiger partial charge in [-0.2, -0.15) is 0 Å². The minimum absolute atomic E-state index is 0.134. The fourth-order valence-corrected chi connectivity index (χ4v) is 1.72. The molecule has 1 aliphatic carbocycles. The van der Waals surface area contributed by atoms with Gasteiger partial charge in [0.15, 0.2) is 0 Å². The third-order valence-corrected chi connectivity index (χ3v) is 2.35. The van der Waals surface area contributed by atoms with Crippen LogP contribution in [-0.4, -0.2) is 18.5 Å². The minimum atomic E-state index is 0.134. The summed E-state index contributed by atoms with van der Waals surface area (Å²) in [6.07, 6.45) is 2.98. The normalized spacial score (nSPS) is 27.5. The monoisotopic (exact) mass is 156 g/mol. The Balaban J connectivity index is 2.39. The van der Waals surface area contributed by atoms with E-state index in [9.17, 15) is 4.79 Å². The topological polar surface area (TPSA) is 26.3 Å². The highest BCUT2D eigenvalue weighted by Crippen LogP contribution is 2.25. The molecule has 1 fully saturated rings. The molecule has 1 aliphatic rings. The Labute approximate surface area is 67.9 Å². The quantitative estimate of drug-likeness (QED) is 0.622. The number of ether oxygens (including phenoxy) is 1. The summed E-state index contributed by atoms with van der Waals surface area (Å²) >= 11 is 0. The van der Waals surface area contributed by atoms with Crippen LogP contribution in [0, 0.1) is 5.92 Å². The highest BCUT2D eigenvalue weighted by molar-refractivity contribution is 5.83. The first-order valence-corrected chi connectivity index (χ1v) is 4.40. The van der Waals surface area contributed by atoms with E-state index in [-0.39, 0.29) is 12.0 Å². The lowest BCUT2D eigenvalue weighted by Gasteiger charge is -2.16. The van der Waals surface area contributed by atoms with Gasteiger partial charge in [-0.3, -0.25) is 4.79 Å². The fraction of sp³-hybridized carbons (Fsp3) is 0.889. The molecule has 0 bridgehead atoms. The maximum absolute atomic E-state index is 11.2. The zero-order valence-electron chi connectivity index (χ0n) is 7.30. The van der Waals surface area contributed by atoms with Crippen molar-refractivity contribution in [3.63, 3.8) is 0 Å². The third kappa shape index (κ3) is 2.03. The van der Waals surface area contributed by atoms with Crippen LogP contribution in [0.3, 0.4) is 0 Å². The van der Waals surface area contributed by atoms with E-state index >= 15 is 0 Å². The van der Waals surface area contributed by atoms with Crippen molar-refractivity contribution in [3.8, 4) is 0 Å². The molecule has 11 heavy (non-hydrogen) atoms. The van der Waals surface area contributed by atoms with Gasteiger partial charge in [0.25, 0.3) is 0 Å². The first-order valence-electron chi connectivity index (χ1n) is 4.40. The summed E-state index contributed by atoms with van der Waals surface area (Å²) in [5.74, 6) is 0.584. The molecule has 0 amide bonds. The Morgan fingerprint density at radius 2 is 2.45 bits per heavy atom. The van der Waals surface area contributed by atoms with E-state index in [1.807, 2.05) is 13.8 Å². The molecule has 2 nitrogen and oxygen atoms in total. The van der Waals surface area contributed by atoms with Crippen molar-refractivity contribution in [2.24, 2.45) is 5.92 Å². The lowest BCUT2D eigenvalue weighted by molar-refractivity contribution is -0.124. The first-order chi connectivity index (χ1) is 5.25. The number of carbonyl (C=O) groups excluding carboxylic acids is 1. The molecule has 2 atom stereocenters. The van der Waals surface area contributed by atoms with Crippen molar-refractivity contribution in [1.29, 1.82) is 0 Å². The van der Waals surface area contributed by atoms with Gasteiger partial charge in [-0.1, -0.05) is 0 Å². The molecule has 0 unspecified atom stereocenters. The van der Waals surface area contributed by atoms with Crippen molar-refractivity contribution in [2.75, 3.05) is 6.61 Å². The second-order valence-corrected chi connectivity index (χ2v) is 3.13. The largest absolute Gasteiger partial charge is 0.378 e. The van der Waals surface area contributed by atoms with Gasteiger partial charge in [-0.05, 0) is 26.7 Å². The van der Waals surface area contributed by atoms with Crippen LogP contribution in [0.4, 0.5) is 0 Å². The van der Waals surface area contributed by atoms with Crippen LogP contribution >= 0.6 is 0 Å². The lowest BCUT2D eigenvalue weighted by atomic mass is 10.0. The molecule has 0 saturated heterocycles. The highest BCUT2D eigenvalue weighted by Gasteiger charge is 2.29. The van der Waals surface area contributed by atoms with E-state index in [1.165, 1.54) is 0 Å². The Morgan fingerprint density at radius 3 is 2.91 bits per heavy atom. The molecule has 1 saturated carbocycles. The Kier molecular flexibility index (Phi) is 3.06. The van der Waals surface area contributed by atoms with Gasteiger partial charge in [0.05, 0.1) is 6.10 Å². The average molecular weight is 156 g/mol. The SMILES string of the molecule is CCO[C@@H](C)[C@@H]1CCCC1=O. The smallest absolute Gasteiger partial charge is 0.138 e. The molecule has 0 radical (unpaired) electrons. The molecule has 2 heteroatoms. The van der Waals surface area contributed by atoms with Crippen LogP contribution in [0.1, 0.15) is 33.1 Å². The van der Waals surface area contributed by atoms with Crippen LogP contribution in [0.2, 0.25) is 0 Å². The summed E-state index contributed by atoms with van der Waals surface area (Å²) < 4.78 is 5.38. The fourth-order valence-electron chi connectivity index (χ4n) is 1.72. The van der Waals surface area contributed by atoms with Crippen LogP contribution in [0.15, 0.2) is 0 Å². The maximum atomic E-state index is 11.2. The summed E-state index contributed by atoms with van der Waals surface area (Å²) in [6, 6.07) is 0. The van der Waals surface area contributed by atoms with Crippen LogP contribution < -0.4 is 0 Å². The number of Topliss-reactive ketones (excluding diaryl/α,β-unsaturated/α-hetero) is 1. The van der Waals surface area contributed by atoms with E-state index in [4.69, 9.17) is 4.74 Å². The number of hydrogen-bond acceptors (Lipinski definition) is 2. The van der Waals surface area contributed by atoms with Gasteiger partial charge < -0.3 is 4.74 Å². The molecular formula is C9H16O2. The second kappa shape index (κ2) is 3.86. The molecule has 1 rings (SSSR count). The predicted molar refractivity (Wildman–Crippen MR) is 43.4 cm³/mol. The van der Waals surface area contributed by atoms with Gasteiger partial charge in [-0.25, -0.2) is 0 Å². The Morgan fingerprint density at radius 1 is 1.73 bits per heavy atom. The summed E-state index contributed by atoms with van der Waals surface area (Å²) in [5, 5.41) is 0. The van der Waals surface area contributed by atoms with E-state index in [0.717, 1.165) is 19.3 Å². The maximum Gasteiger partial charge on any atom is 0.138 e. The molecule has 0 aromatic carbocycles. The predicted octanol–water partition coefficient (Wildman–Crippen LogP) is 1.78. The lowest BCUT2D eigenvalue weighted by Crippen LogP contribution is -2.23. The van der Waals surface area contributed by atoms with Crippen molar-refractivity contribution in [1.82, 2.24) is 0 Å². The van der Waals surface area contributed by atoms with E-state index in [1.54, 1.807) is 0 Å². The number of ketones is 1. The van der Waals surface area contributed by atoms with Crippen LogP contribution in [-0.2, 0) is 9.53 Å². The number of hydrogen-bond donors (Lipinski definition) is 0. The third-order valence-electron chi connectivity index (χ3n) is 2.35. The van der Waals surface area contributed by atoms with Gasteiger partial charge >= 0.3 is 0 Å². The molecule has 0 N–H and O–H groups in total. The van der Waals surface area contributed by atoms with Crippen LogP contribution in [0.5, 0.6) is 0 Å². The van der Waals surface area contributed by atoms with Gasteiger partial charge in [0.1, 0.15) is 5.78 Å². The molecule has 0 heterocycles. The average Bonchev–Trinajstić information content (AvgIpc) is 2.36. The number of rotatable bonds is 3. The zero-order chi connectivity index (χ0) is 8.27. The standard InChI is InChI=1S/C9H16O2/c1-3-11-7(2)8-5-4-6-9(8)10/h7-8H,3-6H2,1-2H3/t7-,8-/m0/s1. The Hall–Kier alpha value is -0.370. The van der Waals surface area contributed by atoms with Crippen molar-refractivity contribution >= 4 is 5.78 Å². The van der Waals surface area contributed by atoms with E-state index < -0.39 is 0 Å². The number of carbonyl (C=O) groups is 1.